The van der Waals surface area contributed by atoms with E-state index in [1.54, 1.807) is 31.2 Å². The normalized spacial score (nSPS) is 11.6. The SMILES string of the molecule is CCOc1ccc(NC(=O)[C@H](C)OC(=O)CCc2c(C)nc(SC)nc2C)cc1. The third-order valence-corrected chi connectivity index (χ3v) is 4.82. The van der Waals surface area contributed by atoms with E-state index in [0.717, 1.165) is 22.7 Å². The predicted octanol–water partition coefficient (Wildman–Crippen LogP) is 3.72. The summed E-state index contributed by atoms with van der Waals surface area (Å²) < 4.78 is 10.6. The second-order valence-corrected chi connectivity index (χ2v) is 7.21. The molecule has 0 aliphatic heterocycles. The van der Waals surface area contributed by atoms with Gasteiger partial charge in [-0.05, 0) is 70.2 Å². The minimum absolute atomic E-state index is 0.157. The number of carbonyl (C=O) groups excluding carboxylic acids is 2. The maximum Gasteiger partial charge on any atom is 0.306 e. The number of aryl methyl sites for hydroxylation is 2. The molecule has 0 spiro atoms. The van der Waals surface area contributed by atoms with Crippen LogP contribution in [0.1, 0.15) is 37.2 Å². The number of benzene rings is 1. The Bertz CT molecular complexity index is 832. The number of nitrogens with one attached hydrogen (secondary N) is 1. The van der Waals surface area contributed by atoms with Gasteiger partial charge in [0.1, 0.15) is 5.75 Å². The van der Waals surface area contributed by atoms with E-state index < -0.39 is 12.1 Å². The lowest BCUT2D eigenvalue weighted by Gasteiger charge is -2.14. The van der Waals surface area contributed by atoms with Crippen LogP contribution in [0.3, 0.4) is 0 Å². The van der Waals surface area contributed by atoms with Gasteiger partial charge in [-0.25, -0.2) is 9.97 Å². The Kier molecular flexibility index (Phi) is 8.45. The highest BCUT2D eigenvalue weighted by Gasteiger charge is 2.19. The van der Waals surface area contributed by atoms with E-state index in [2.05, 4.69) is 15.3 Å². The van der Waals surface area contributed by atoms with Crippen molar-refractivity contribution in [3.8, 4) is 5.75 Å². The number of hydrogen-bond donors (Lipinski definition) is 1. The monoisotopic (exact) mass is 417 g/mol. The largest absolute Gasteiger partial charge is 0.494 e. The Balaban J connectivity index is 1.86. The van der Waals surface area contributed by atoms with Crippen molar-refractivity contribution in [1.82, 2.24) is 9.97 Å². The zero-order valence-corrected chi connectivity index (χ0v) is 18.3. The molecule has 1 heterocycles. The van der Waals surface area contributed by atoms with Gasteiger partial charge in [-0.1, -0.05) is 11.8 Å². The summed E-state index contributed by atoms with van der Waals surface area (Å²) in [4.78, 5) is 33.3. The molecule has 0 aliphatic rings. The summed E-state index contributed by atoms with van der Waals surface area (Å²) in [6.45, 7) is 7.84. The molecule has 1 atom stereocenters. The molecule has 156 valence electrons. The first-order valence-electron chi connectivity index (χ1n) is 9.45. The average Bonchev–Trinajstić information content (AvgIpc) is 2.68. The molecule has 0 radical (unpaired) electrons. The van der Waals surface area contributed by atoms with Gasteiger partial charge in [-0.2, -0.15) is 0 Å². The van der Waals surface area contributed by atoms with E-state index in [0.29, 0.717) is 23.9 Å². The number of esters is 1. The number of amides is 1. The highest BCUT2D eigenvalue weighted by atomic mass is 32.2. The highest BCUT2D eigenvalue weighted by molar-refractivity contribution is 7.98. The minimum atomic E-state index is -0.897. The Morgan fingerprint density at radius 3 is 2.31 bits per heavy atom. The first-order valence-corrected chi connectivity index (χ1v) is 10.7. The van der Waals surface area contributed by atoms with Gasteiger partial charge in [0, 0.05) is 23.5 Å². The van der Waals surface area contributed by atoms with Crippen LogP contribution in [0.25, 0.3) is 0 Å². The standard InChI is InChI=1S/C21H27N3O4S/c1-6-27-17-9-7-16(8-10-17)24-20(26)15(4)28-19(25)12-11-18-13(2)22-21(29-5)23-14(18)3/h7-10,15H,6,11-12H2,1-5H3,(H,24,26)/t15-/m0/s1. The lowest BCUT2D eigenvalue weighted by Crippen LogP contribution is -2.30. The molecule has 7 nitrogen and oxygen atoms in total. The van der Waals surface area contributed by atoms with E-state index in [-0.39, 0.29) is 12.3 Å². The smallest absolute Gasteiger partial charge is 0.306 e. The molecular formula is C21H27N3O4S. The molecule has 1 amide bonds. The molecule has 0 fully saturated rings. The molecular weight excluding hydrogens is 390 g/mol. The minimum Gasteiger partial charge on any atom is -0.494 e. The molecule has 0 bridgehead atoms. The summed E-state index contributed by atoms with van der Waals surface area (Å²) >= 11 is 1.48. The fourth-order valence-electron chi connectivity index (χ4n) is 2.74. The molecule has 1 aromatic heterocycles. The summed E-state index contributed by atoms with van der Waals surface area (Å²) in [7, 11) is 0. The third-order valence-electron chi connectivity index (χ3n) is 4.27. The fraction of sp³-hybridized carbons (Fsp3) is 0.429. The Morgan fingerprint density at radius 1 is 1.14 bits per heavy atom. The molecule has 0 saturated heterocycles. The lowest BCUT2D eigenvalue weighted by atomic mass is 10.1. The quantitative estimate of drug-likeness (QED) is 0.378. The van der Waals surface area contributed by atoms with Crippen LogP contribution in [0.4, 0.5) is 5.69 Å². The van der Waals surface area contributed by atoms with Crippen molar-refractivity contribution in [2.75, 3.05) is 18.2 Å². The van der Waals surface area contributed by atoms with Gasteiger partial charge in [0.25, 0.3) is 5.91 Å². The maximum absolute atomic E-state index is 12.3. The van der Waals surface area contributed by atoms with E-state index in [1.807, 2.05) is 27.0 Å². The van der Waals surface area contributed by atoms with Crippen LogP contribution in [0.2, 0.25) is 0 Å². The van der Waals surface area contributed by atoms with Gasteiger partial charge < -0.3 is 14.8 Å². The molecule has 0 saturated carbocycles. The highest BCUT2D eigenvalue weighted by Crippen LogP contribution is 2.18. The number of aromatic nitrogens is 2. The molecule has 29 heavy (non-hydrogen) atoms. The lowest BCUT2D eigenvalue weighted by molar-refractivity contribution is -0.153. The first-order chi connectivity index (χ1) is 13.8. The van der Waals surface area contributed by atoms with Crippen molar-refractivity contribution in [3.05, 3.63) is 41.2 Å². The molecule has 8 heteroatoms. The summed E-state index contributed by atoms with van der Waals surface area (Å²) in [6, 6.07) is 7.01. The van der Waals surface area contributed by atoms with Gasteiger partial charge in [0.2, 0.25) is 0 Å². The molecule has 0 unspecified atom stereocenters. The van der Waals surface area contributed by atoms with Gasteiger partial charge >= 0.3 is 5.97 Å². The number of ether oxygens (including phenoxy) is 2. The van der Waals surface area contributed by atoms with Gasteiger partial charge in [-0.15, -0.1) is 0 Å². The number of carbonyl (C=O) groups is 2. The molecule has 1 N–H and O–H groups in total. The summed E-state index contributed by atoms with van der Waals surface area (Å²) in [6.07, 6.45) is 1.65. The van der Waals surface area contributed by atoms with E-state index >= 15 is 0 Å². The average molecular weight is 418 g/mol. The zero-order chi connectivity index (χ0) is 21.4. The number of rotatable bonds is 9. The summed E-state index contributed by atoms with van der Waals surface area (Å²) in [5, 5.41) is 3.44. The van der Waals surface area contributed by atoms with Crippen molar-refractivity contribution in [2.45, 2.75) is 51.8 Å². The third kappa shape index (κ3) is 6.74. The summed E-state index contributed by atoms with van der Waals surface area (Å²) in [5.41, 5.74) is 3.26. The Morgan fingerprint density at radius 2 is 1.76 bits per heavy atom. The maximum atomic E-state index is 12.3. The van der Waals surface area contributed by atoms with Crippen molar-refractivity contribution < 1.29 is 19.1 Å². The van der Waals surface area contributed by atoms with Crippen molar-refractivity contribution >= 4 is 29.3 Å². The van der Waals surface area contributed by atoms with Crippen LogP contribution in [-0.4, -0.2) is 40.8 Å². The van der Waals surface area contributed by atoms with Gasteiger partial charge in [0.15, 0.2) is 11.3 Å². The van der Waals surface area contributed by atoms with Crippen LogP contribution >= 0.6 is 11.8 Å². The number of hydrogen-bond acceptors (Lipinski definition) is 7. The molecule has 1 aromatic carbocycles. The van der Waals surface area contributed by atoms with Crippen LogP contribution in [0.5, 0.6) is 5.75 Å². The van der Waals surface area contributed by atoms with E-state index in [1.165, 1.54) is 11.8 Å². The summed E-state index contributed by atoms with van der Waals surface area (Å²) in [5.74, 6) is -0.0975. The van der Waals surface area contributed by atoms with Gasteiger partial charge in [-0.3, -0.25) is 9.59 Å². The topological polar surface area (TPSA) is 90.4 Å². The predicted molar refractivity (Wildman–Crippen MR) is 113 cm³/mol. The van der Waals surface area contributed by atoms with Gasteiger partial charge in [0.05, 0.1) is 6.61 Å². The van der Waals surface area contributed by atoms with Crippen LogP contribution in [0.15, 0.2) is 29.4 Å². The molecule has 2 aromatic rings. The van der Waals surface area contributed by atoms with Crippen molar-refractivity contribution in [3.63, 3.8) is 0 Å². The van der Waals surface area contributed by atoms with Crippen molar-refractivity contribution in [2.24, 2.45) is 0 Å². The van der Waals surface area contributed by atoms with Crippen molar-refractivity contribution in [1.29, 1.82) is 0 Å². The first kappa shape index (κ1) is 22.7. The van der Waals surface area contributed by atoms with Crippen LogP contribution in [0, 0.1) is 13.8 Å². The second kappa shape index (κ2) is 10.8. The van der Waals surface area contributed by atoms with E-state index in [4.69, 9.17) is 9.47 Å². The molecule has 0 aliphatic carbocycles. The fourth-order valence-corrected chi connectivity index (χ4v) is 3.20. The number of nitrogens with zero attached hydrogens (tertiary/aromatic N) is 2. The molecule has 2 rings (SSSR count). The Labute approximate surface area is 175 Å². The number of thioether (sulfide) groups is 1. The second-order valence-electron chi connectivity index (χ2n) is 6.44. The van der Waals surface area contributed by atoms with Crippen LogP contribution < -0.4 is 10.1 Å². The zero-order valence-electron chi connectivity index (χ0n) is 17.4. The number of anilines is 1. The Hall–Kier alpha value is -2.61. The van der Waals surface area contributed by atoms with E-state index in [9.17, 15) is 9.59 Å². The van der Waals surface area contributed by atoms with Crippen LogP contribution in [-0.2, 0) is 20.7 Å².